The number of aryl methyl sites for hydroxylation is 1. The average Bonchev–Trinajstić information content (AvgIpc) is 2.46. The molecule has 0 saturated heterocycles. The topological polar surface area (TPSA) is 33.1 Å². The van der Waals surface area contributed by atoms with Gasteiger partial charge in [-0.1, -0.05) is 31.2 Å². The summed E-state index contributed by atoms with van der Waals surface area (Å²) in [4.78, 5) is 3.69. The molecule has 0 radical (unpaired) electrons. The minimum absolute atomic E-state index is 0.197. The van der Waals surface area contributed by atoms with Crippen LogP contribution >= 0.6 is 0 Å². The lowest BCUT2D eigenvalue weighted by atomic mass is 10.0. The van der Waals surface area contributed by atoms with Gasteiger partial charge in [0.05, 0.1) is 11.3 Å². The number of pyridine rings is 1. The molecule has 1 N–H and O–H groups in total. The van der Waals surface area contributed by atoms with Crippen LogP contribution in [0.5, 0.6) is 0 Å². The zero-order valence-corrected chi connectivity index (χ0v) is 10.9. The molecule has 0 aliphatic heterocycles. The van der Waals surface area contributed by atoms with Gasteiger partial charge in [0.1, 0.15) is 6.10 Å². The third-order valence-corrected chi connectivity index (χ3v) is 3.10. The first-order chi connectivity index (χ1) is 9.41. The van der Waals surface area contributed by atoms with Crippen LogP contribution in [0.15, 0.2) is 42.6 Å². The summed E-state index contributed by atoms with van der Waals surface area (Å²) in [5, 5.41) is 10.1. The smallest absolute Gasteiger partial charge is 0.382 e. The number of aliphatic hydroxyl groups excluding tert-OH is 1. The number of halogens is 3. The maximum absolute atomic E-state index is 12.4. The van der Waals surface area contributed by atoms with Crippen LogP contribution < -0.4 is 0 Å². The van der Waals surface area contributed by atoms with E-state index in [1.807, 2.05) is 19.1 Å². The number of benzene rings is 1. The Bertz CT molecular complexity index is 561. The van der Waals surface area contributed by atoms with E-state index in [1.165, 1.54) is 6.07 Å². The SMILES string of the molecule is CCc1ccc(C(O)c2ccc(C(F)(F)F)cn2)cc1. The molecule has 0 amide bonds. The maximum atomic E-state index is 12.4. The van der Waals surface area contributed by atoms with Crippen molar-refractivity contribution in [3.05, 3.63) is 65.0 Å². The standard InChI is InChI=1S/C15H14F3NO/c1-2-10-3-5-11(6-4-10)14(20)13-8-7-12(9-19-13)15(16,17)18/h3-9,14,20H,2H2,1H3. The molecule has 0 fully saturated rings. The summed E-state index contributed by atoms with van der Waals surface area (Å²) in [5.41, 5.74) is 1.10. The van der Waals surface area contributed by atoms with Crippen molar-refractivity contribution in [1.82, 2.24) is 4.98 Å². The fraction of sp³-hybridized carbons (Fsp3) is 0.267. The van der Waals surface area contributed by atoms with Crippen molar-refractivity contribution >= 4 is 0 Å². The van der Waals surface area contributed by atoms with E-state index in [1.54, 1.807) is 12.1 Å². The minimum Gasteiger partial charge on any atom is -0.382 e. The van der Waals surface area contributed by atoms with Crippen LogP contribution in [0.4, 0.5) is 13.2 Å². The number of aromatic nitrogens is 1. The van der Waals surface area contributed by atoms with Gasteiger partial charge in [-0.3, -0.25) is 4.98 Å². The number of nitrogens with zero attached hydrogens (tertiary/aromatic N) is 1. The second kappa shape index (κ2) is 5.63. The van der Waals surface area contributed by atoms with Crippen molar-refractivity contribution in [3.63, 3.8) is 0 Å². The lowest BCUT2D eigenvalue weighted by Gasteiger charge is -2.12. The molecular weight excluding hydrogens is 267 g/mol. The van der Waals surface area contributed by atoms with Gasteiger partial charge >= 0.3 is 6.18 Å². The van der Waals surface area contributed by atoms with Gasteiger partial charge in [0.15, 0.2) is 0 Å². The summed E-state index contributed by atoms with van der Waals surface area (Å²) in [6.07, 6.45) is -3.82. The number of rotatable bonds is 3. The zero-order chi connectivity index (χ0) is 14.8. The highest BCUT2D eigenvalue weighted by molar-refractivity contribution is 5.30. The lowest BCUT2D eigenvalue weighted by molar-refractivity contribution is -0.137. The molecule has 0 spiro atoms. The first-order valence-corrected chi connectivity index (χ1v) is 6.22. The lowest BCUT2D eigenvalue weighted by Crippen LogP contribution is -2.08. The minimum atomic E-state index is -4.42. The van der Waals surface area contributed by atoms with Crippen LogP contribution in [0.25, 0.3) is 0 Å². The molecule has 0 aliphatic rings. The van der Waals surface area contributed by atoms with Crippen LogP contribution in [0.3, 0.4) is 0 Å². The van der Waals surface area contributed by atoms with E-state index in [-0.39, 0.29) is 5.69 Å². The molecule has 1 atom stereocenters. The van der Waals surface area contributed by atoms with E-state index < -0.39 is 17.8 Å². The molecule has 20 heavy (non-hydrogen) atoms. The first-order valence-electron chi connectivity index (χ1n) is 6.22. The summed E-state index contributed by atoms with van der Waals surface area (Å²) in [7, 11) is 0. The van der Waals surface area contributed by atoms with E-state index in [0.29, 0.717) is 5.56 Å². The Kier molecular flexibility index (Phi) is 4.09. The summed E-state index contributed by atoms with van der Waals surface area (Å²) in [6.45, 7) is 2.02. The Morgan fingerprint density at radius 2 is 1.75 bits per heavy atom. The quantitative estimate of drug-likeness (QED) is 0.929. The van der Waals surface area contributed by atoms with Gasteiger partial charge in [0, 0.05) is 6.20 Å². The Labute approximate surface area is 114 Å². The monoisotopic (exact) mass is 281 g/mol. The van der Waals surface area contributed by atoms with E-state index in [9.17, 15) is 18.3 Å². The van der Waals surface area contributed by atoms with Crippen LogP contribution in [0, 0.1) is 0 Å². The maximum Gasteiger partial charge on any atom is 0.417 e. The van der Waals surface area contributed by atoms with Crippen LogP contribution in [0.1, 0.15) is 35.4 Å². The van der Waals surface area contributed by atoms with Gasteiger partial charge in [-0.25, -0.2) is 0 Å². The number of hydrogen-bond donors (Lipinski definition) is 1. The molecule has 2 rings (SSSR count). The number of aliphatic hydroxyl groups is 1. The third-order valence-electron chi connectivity index (χ3n) is 3.10. The van der Waals surface area contributed by atoms with Gasteiger partial charge < -0.3 is 5.11 Å². The van der Waals surface area contributed by atoms with Crippen molar-refractivity contribution in [2.45, 2.75) is 25.6 Å². The highest BCUT2D eigenvalue weighted by atomic mass is 19.4. The van der Waals surface area contributed by atoms with Gasteiger partial charge in [-0.05, 0) is 29.7 Å². The summed E-state index contributed by atoms with van der Waals surface area (Å²) < 4.78 is 37.3. The molecule has 1 unspecified atom stereocenters. The largest absolute Gasteiger partial charge is 0.417 e. The summed E-state index contributed by atoms with van der Waals surface area (Å²) in [6, 6.07) is 9.38. The highest BCUT2D eigenvalue weighted by Gasteiger charge is 2.30. The van der Waals surface area contributed by atoms with Gasteiger partial charge in [-0.2, -0.15) is 13.2 Å². The molecule has 1 aromatic carbocycles. The second-order valence-electron chi connectivity index (χ2n) is 4.47. The predicted molar refractivity (Wildman–Crippen MR) is 69.1 cm³/mol. The van der Waals surface area contributed by atoms with Gasteiger partial charge in [0.2, 0.25) is 0 Å². The highest BCUT2D eigenvalue weighted by Crippen LogP contribution is 2.29. The molecule has 0 saturated carbocycles. The van der Waals surface area contributed by atoms with Crippen molar-refractivity contribution in [2.75, 3.05) is 0 Å². The van der Waals surface area contributed by atoms with Gasteiger partial charge in [-0.15, -0.1) is 0 Å². The fourth-order valence-electron chi connectivity index (χ4n) is 1.84. The third kappa shape index (κ3) is 3.17. The van der Waals surface area contributed by atoms with E-state index in [0.717, 1.165) is 24.2 Å². The van der Waals surface area contributed by atoms with Crippen molar-refractivity contribution in [2.24, 2.45) is 0 Å². The molecular formula is C15H14F3NO. The van der Waals surface area contributed by atoms with E-state index >= 15 is 0 Å². The van der Waals surface area contributed by atoms with Crippen molar-refractivity contribution in [3.8, 4) is 0 Å². The van der Waals surface area contributed by atoms with Gasteiger partial charge in [0.25, 0.3) is 0 Å². The van der Waals surface area contributed by atoms with Crippen molar-refractivity contribution in [1.29, 1.82) is 0 Å². The van der Waals surface area contributed by atoms with Crippen molar-refractivity contribution < 1.29 is 18.3 Å². The average molecular weight is 281 g/mol. The number of alkyl halides is 3. The molecule has 2 aromatic rings. The Morgan fingerprint density at radius 1 is 1.10 bits per heavy atom. The molecule has 1 aromatic heterocycles. The fourth-order valence-corrected chi connectivity index (χ4v) is 1.84. The second-order valence-corrected chi connectivity index (χ2v) is 4.47. The molecule has 1 heterocycles. The Morgan fingerprint density at radius 3 is 2.20 bits per heavy atom. The molecule has 106 valence electrons. The molecule has 0 aliphatic carbocycles. The van der Waals surface area contributed by atoms with E-state index in [4.69, 9.17) is 0 Å². The summed E-state index contributed by atoms with van der Waals surface area (Å²) in [5.74, 6) is 0. The normalized spacial score (nSPS) is 13.2. The summed E-state index contributed by atoms with van der Waals surface area (Å²) >= 11 is 0. The van der Waals surface area contributed by atoms with Crippen LogP contribution in [0.2, 0.25) is 0 Å². The van der Waals surface area contributed by atoms with Crippen LogP contribution in [-0.4, -0.2) is 10.1 Å². The Balaban J connectivity index is 2.22. The molecule has 2 nitrogen and oxygen atoms in total. The zero-order valence-electron chi connectivity index (χ0n) is 10.9. The Hall–Kier alpha value is -1.88. The molecule has 0 bridgehead atoms. The van der Waals surface area contributed by atoms with Crippen LogP contribution in [-0.2, 0) is 12.6 Å². The predicted octanol–water partition coefficient (Wildman–Crippen LogP) is 3.74. The molecule has 5 heteroatoms. The van der Waals surface area contributed by atoms with E-state index in [2.05, 4.69) is 4.98 Å². The number of hydrogen-bond acceptors (Lipinski definition) is 2. The first kappa shape index (κ1) is 14.5.